The number of hydrogen-bond acceptors (Lipinski definition) is 6. The first-order valence-corrected chi connectivity index (χ1v) is 9.24. The minimum absolute atomic E-state index is 0.0259. The number of phenols is 2. The standard InChI is InChI=1S/C23H19FN4O2/c24-19-4-2-1-3-16(19)13-26-22-12-20(27-23(25)28-22)18-11-15(7-10-21(18)30)14-5-8-17(29)9-6-14/h1-12,29-30H,13H2,(H3,25,26,27,28). The number of phenolic OH excluding ortho intramolecular Hbond substituents is 2. The lowest BCUT2D eigenvalue weighted by atomic mass is 10.0. The Morgan fingerprint density at radius 1 is 0.867 bits per heavy atom. The Balaban J connectivity index is 1.66. The topological polar surface area (TPSA) is 104 Å². The molecule has 5 N–H and O–H groups in total. The summed E-state index contributed by atoms with van der Waals surface area (Å²) in [6.07, 6.45) is 0. The predicted octanol–water partition coefficient (Wildman–Crippen LogP) is 4.56. The summed E-state index contributed by atoms with van der Waals surface area (Å²) in [5, 5.41) is 22.9. The highest BCUT2D eigenvalue weighted by Crippen LogP contribution is 2.34. The van der Waals surface area contributed by atoms with Gasteiger partial charge in [0, 0.05) is 23.7 Å². The fourth-order valence-electron chi connectivity index (χ4n) is 3.10. The number of benzene rings is 3. The highest BCUT2D eigenvalue weighted by Gasteiger charge is 2.12. The first-order chi connectivity index (χ1) is 14.5. The maximum Gasteiger partial charge on any atom is 0.222 e. The molecule has 0 saturated heterocycles. The van der Waals surface area contributed by atoms with Gasteiger partial charge in [-0.15, -0.1) is 0 Å². The molecule has 4 rings (SSSR count). The molecule has 1 heterocycles. The van der Waals surface area contributed by atoms with Gasteiger partial charge in [-0.2, -0.15) is 4.98 Å². The van der Waals surface area contributed by atoms with Gasteiger partial charge in [-0.25, -0.2) is 9.37 Å². The monoisotopic (exact) mass is 402 g/mol. The van der Waals surface area contributed by atoms with Crippen LogP contribution in [0.25, 0.3) is 22.4 Å². The Labute approximate surface area is 172 Å². The van der Waals surface area contributed by atoms with E-state index in [1.165, 1.54) is 6.07 Å². The van der Waals surface area contributed by atoms with Crippen molar-refractivity contribution < 1.29 is 14.6 Å². The van der Waals surface area contributed by atoms with E-state index in [-0.39, 0.29) is 29.8 Å². The van der Waals surface area contributed by atoms with E-state index in [1.54, 1.807) is 66.7 Å². The molecule has 7 heteroatoms. The van der Waals surface area contributed by atoms with Crippen molar-refractivity contribution in [3.63, 3.8) is 0 Å². The largest absolute Gasteiger partial charge is 0.508 e. The van der Waals surface area contributed by atoms with Crippen molar-refractivity contribution in [2.24, 2.45) is 0 Å². The lowest BCUT2D eigenvalue weighted by Crippen LogP contribution is -2.06. The molecule has 0 bridgehead atoms. The molecule has 0 aliphatic carbocycles. The molecule has 0 aliphatic heterocycles. The number of aromatic nitrogens is 2. The Hall–Kier alpha value is -4.13. The van der Waals surface area contributed by atoms with E-state index in [2.05, 4.69) is 15.3 Å². The Bertz CT molecular complexity index is 1200. The molecule has 0 radical (unpaired) electrons. The fourth-order valence-corrected chi connectivity index (χ4v) is 3.10. The van der Waals surface area contributed by atoms with Crippen LogP contribution in [-0.4, -0.2) is 20.2 Å². The zero-order valence-corrected chi connectivity index (χ0v) is 15.9. The highest BCUT2D eigenvalue weighted by molar-refractivity contribution is 5.77. The summed E-state index contributed by atoms with van der Waals surface area (Å²) >= 11 is 0. The van der Waals surface area contributed by atoms with Gasteiger partial charge in [-0.05, 0) is 41.5 Å². The van der Waals surface area contributed by atoms with Gasteiger partial charge in [0.15, 0.2) is 0 Å². The average molecular weight is 402 g/mol. The molecular formula is C23H19FN4O2. The summed E-state index contributed by atoms with van der Waals surface area (Å²) in [7, 11) is 0. The molecule has 4 aromatic rings. The normalized spacial score (nSPS) is 10.7. The first-order valence-electron chi connectivity index (χ1n) is 9.24. The minimum atomic E-state index is -0.313. The summed E-state index contributed by atoms with van der Waals surface area (Å²) in [4.78, 5) is 8.39. The summed E-state index contributed by atoms with van der Waals surface area (Å²) in [5.41, 5.74) is 8.97. The van der Waals surface area contributed by atoms with Crippen molar-refractivity contribution in [2.75, 3.05) is 11.1 Å². The fraction of sp³-hybridized carbons (Fsp3) is 0.0435. The van der Waals surface area contributed by atoms with E-state index in [1.807, 2.05) is 0 Å². The Morgan fingerprint density at radius 3 is 2.37 bits per heavy atom. The van der Waals surface area contributed by atoms with Crippen molar-refractivity contribution >= 4 is 11.8 Å². The molecule has 3 aromatic carbocycles. The number of nitrogens with two attached hydrogens (primary N) is 1. The van der Waals surface area contributed by atoms with Gasteiger partial charge in [0.2, 0.25) is 5.95 Å². The number of rotatable bonds is 5. The third kappa shape index (κ3) is 4.15. The van der Waals surface area contributed by atoms with E-state index >= 15 is 0 Å². The number of nitrogens with one attached hydrogen (secondary N) is 1. The molecular weight excluding hydrogens is 383 g/mol. The third-order valence-electron chi connectivity index (χ3n) is 4.63. The second-order valence-electron chi connectivity index (χ2n) is 6.72. The Kier molecular flexibility index (Phi) is 5.17. The SMILES string of the molecule is Nc1nc(NCc2ccccc2F)cc(-c2cc(-c3ccc(O)cc3)ccc2O)n1. The van der Waals surface area contributed by atoms with Crippen LogP contribution in [0.15, 0.2) is 72.8 Å². The first kappa shape index (κ1) is 19.2. The van der Waals surface area contributed by atoms with E-state index in [4.69, 9.17) is 5.73 Å². The van der Waals surface area contributed by atoms with Crippen LogP contribution in [0, 0.1) is 5.82 Å². The molecule has 0 unspecified atom stereocenters. The van der Waals surface area contributed by atoms with Crippen molar-refractivity contribution in [3.05, 3.63) is 84.2 Å². The number of hydrogen-bond donors (Lipinski definition) is 4. The van der Waals surface area contributed by atoms with Gasteiger partial charge < -0.3 is 21.3 Å². The zero-order chi connectivity index (χ0) is 21.1. The lowest BCUT2D eigenvalue weighted by molar-refractivity contribution is 0.475. The quantitative estimate of drug-likeness (QED) is 0.390. The molecule has 0 spiro atoms. The van der Waals surface area contributed by atoms with Crippen LogP contribution in [0.2, 0.25) is 0 Å². The zero-order valence-electron chi connectivity index (χ0n) is 15.9. The van der Waals surface area contributed by atoms with Gasteiger partial charge >= 0.3 is 0 Å². The predicted molar refractivity (Wildman–Crippen MR) is 114 cm³/mol. The molecule has 6 nitrogen and oxygen atoms in total. The van der Waals surface area contributed by atoms with Gasteiger partial charge in [0.1, 0.15) is 23.1 Å². The van der Waals surface area contributed by atoms with Crippen LogP contribution < -0.4 is 11.1 Å². The number of anilines is 2. The molecule has 30 heavy (non-hydrogen) atoms. The molecule has 150 valence electrons. The van der Waals surface area contributed by atoms with Crippen molar-refractivity contribution in [2.45, 2.75) is 6.54 Å². The molecule has 0 amide bonds. The van der Waals surface area contributed by atoms with Gasteiger partial charge in [0.25, 0.3) is 0 Å². The van der Waals surface area contributed by atoms with Crippen molar-refractivity contribution in [1.82, 2.24) is 9.97 Å². The second-order valence-corrected chi connectivity index (χ2v) is 6.72. The molecule has 0 atom stereocenters. The van der Waals surface area contributed by atoms with E-state index < -0.39 is 0 Å². The summed E-state index contributed by atoms with van der Waals surface area (Å²) in [6, 6.07) is 20.0. The van der Waals surface area contributed by atoms with Gasteiger partial charge in [-0.3, -0.25) is 0 Å². The van der Waals surface area contributed by atoms with Crippen LogP contribution in [0.3, 0.4) is 0 Å². The molecule has 1 aromatic heterocycles. The summed E-state index contributed by atoms with van der Waals surface area (Å²) in [5.74, 6) is 0.335. The maximum absolute atomic E-state index is 13.9. The van der Waals surface area contributed by atoms with Gasteiger partial charge in [-0.1, -0.05) is 36.4 Å². The summed E-state index contributed by atoms with van der Waals surface area (Å²) < 4.78 is 13.9. The maximum atomic E-state index is 13.9. The Morgan fingerprint density at radius 2 is 1.60 bits per heavy atom. The van der Waals surface area contributed by atoms with E-state index in [0.29, 0.717) is 22.6 Å². The second kappa shape index (κ2) is 8.08. The van der Waals surface area contributed by atoms with Gasteiger partial charge in [0.05, 0.1) is 5.69 Å². The molecule has 0 saturated carbocycles. The third-order valence-corrected chi connectivity index (χ3v) is 4.63. The van der Waals surface area contributed by atoms with Crippen LogP contribution in [0.4, 0.5) is 16.2 Å². The number of aromatic hydroxyl groups is 2. The smallest absolute Gasteiger partial charge is 0.222 e. The summed E-state index contributed by atoms with van der Waals surface area (Å²) in [6.45, 7) is 0.224. The number of nitrogens with zero attached hydrogens (tertiary/aromatic N) is 2. The lowest BCUT2D eigenvalue weighted by Gasteiger charge is -2.11. The molecule has 0 fully saturated rings. The van der Waals surface area contributed by atoms with Crippen LogP contribution >= 0.6 is 0 Å². The number of halogens is 1. The van der Waals surface area contributed by atoms with E-state index in [9.17, 15) is 14.6 Å². The van der Waals surface area contributed by atoms with E-state index in [0.717, 1.165) is 11.1 Å². The molecule has 0 aliphatic rings. The minimum Gasteiger partial charge on any atom is -0.508 e. The highest BCUT2D eigenvalue weighted by atomic mass is 19.1. The van der Waals surface area contributed by atoms with Crippen molar-refractivity contribution in [1.29, 1.82) is 0 Å². The average Bonchev–Trinajstić information content (AvgIpc) is 2.74. The van der Waals surface area contributed by atoms with Crippen LogP contribution in [-0.2, 0) is 6.54 Å². The van der Waals surface area contributed by atoms with Crippen LogP contribution in [0.5, 0.6) is 11.5 Å². The van der Waals surface area contributed by atoms with Crippen molar-refractivity contribution in [3.8, 4) is 33.9 Å². The number of nitrogen functional groups attached to an aromatic ring is 1. The van der Waals surface area contributed by atoms with Crippen LogP contribution in [0.1, 0.15) is 5.56 Å².